The maximum absolute atomic E-state index is 3.89. The molecule has 0 bridgehead atoms. The fourth-order valence-electron chi connectivity index (χ4n) is 6.17. The molecule has 1 saturated heterocycles. The second-order valence-electron chi connectivity index (χ2n) is 9.95. The second-order valence-corrected chi connectivity index (χ2v) is 9.95. The predicted octanol–water partition coefficient (Wildman–Crippen LogP) is 8.27. The molecule has 0 aliphatic carbocycles. The average molecular weight is 504 g/mol. The van der Waals surface area contributed by atoms with Crippen molar-refractivity contribution in [3.8, 4) is 0 Å². The Morgan fingerprint density at radius 3 is 1.72 bits per heavy atom. The molecule has 1 fully saturated rings. The summed E-state index contributed by atoms with van der Waals surface area (Å²) in [6, 6.07) is 58.4. The van der Waals surface area contributed by atoms with Gasteiger partial charge in [-0.3, -0.25) is 10.0 Å². The van der Waals surface area contributed by atoms with E-state index in [9.17, 15) is 0 Å². The Morgan fingerprint density at radius 2 is 1.03 bits per heavy atom. The van der Waals surface area contributed by atoms with E-state index < -0.39 is 5.54 Å². The normalized spacial score (nSPS) is 18.9. The lowest BCUT2D eigenvalue weighted by atomic mass is 9.72. The highest BCUT2D eigenvalue weighted by molar-refractivity contribution is 5.89. The highest BCUT2D eigenvalue weighted by Gasteiger charge is 2.57. The van der Waals surface area contributed by atoms with E-state index in [4.69, 9.17) is 0 Å². The molecule has 2 unspecified atom stereocenters. The first-order chi connectivity index (χ1) is 19.4. The summed E-state index contributed by atoms with van der Waals surface area (Å²) >= 11 is 0. The van der Waals surface area contributed by atoms with Gasteiger partial charge in [-0.15, -0.1) is 5.53 Å². The summed E-state index contributed by atoms with van der Waals surface area (Å²) in [5.74, 6) is 0. The zero-order valence-electron chi connectivity index (χ0n) is 21.6. The van der Waals surface area contributed by atoms with E-state index in [1.165, 1.54) is 27.5 Å². The first-order valence-electron chi connectivity index (χ1n) is 13.4. The number of fused-ring (bicyclic) bond motifs is 1. The molecule has 188 valence electrons. The minimum atomic E-state index is -0.624. The summed E-state index contributed by atoms with van der Waals surface area (Å²) in [6.07, 6.45) is 0. The molecule has 1 N–H and O–H groups in total. The Hall–Kier alpha value is -4.86. The summed E-state index contributed by atoms with van der Waals surface area (Å²) < 4.78 is 0. The molecule has 0 aromatic heterocycles. The van der Waals surface area contributed by atoms with Gasteiger partial charge < -0.3 is 0 Å². The van der Waals surface area contributed by atoms with Crippen molar-refractivity contribution in [2.75, 3.05) is 10.0 Å². The van der Waals surface area contributed by atoms with Gasteiger partial charge >= 0.3 is 0 Å². The summed E-state index contributed by atoms with van der Waals surface area (Å²) in [4.78, 5) is 0. The Morgan fingerprint density at radius 1 is 0.487 bits per heavy atom. The van der Waals surface area contributed by atoms with Gasteiger partial charge in [0.15, 0.2) is 0 Å². The molecule has 1 heterocycles. The van der Waals surface area contributed by atoms with Crippen molar-refractivity contribution < 1.29 is 0 Å². The smallest absolute Gasteiger partial charge is 0.134 e. The molecule has 3 nitrogen and oxygen atoms in total. The van der Waals surface area contributed by atoms with E-state index in [1.807, 2.05) is 0 Å². The Bertz CT molecular complexity index is 1680. The summed E-state index contributed by atoms with van der Waals surface area (Å²) in [5, 5.41) is 7.16. The van der Waals surface area contributed by atoms with Crippen LogP contribution in [0.2, 0.25) is 0 Å². The van der Waals surface area contributed by atoms with Gasteiger partial charge in [0, 0.05) is 0 Å². The lowest BCUT2D eigenvalue weighted by Gasteiger charge is -2.43. The summed E-state index contributed by atoms with van der Waals surface area (Å²) in [7, 11) is 0. The fraction of sp³-hybridized carbons (Fsp3) is 0.0556. The zero-order chi connectivity index (χ0) is 26.1. The molecule has 3 heteroatoms. The van der Waals surface area contributed by atoms with Crippen molar-refractivity contribution in [3.63, 3.8) is 0 Å². The van der Waals surface area contributed by atoms with Gasteiger partial charge in [0.1, 0.15) is 11.6 Å². The highest BCUT2D eigenvalue weighted by Crippen LogP contribution is 2.55. The zero-order valence-corrected chi connectivity index (χ0v) is 21.6. The van der Waals surface area contributed by atoms with Gasteiger partial charge in [-0.25, -0.2) is 0 Å². The van der Waals surface area contributed by atoms with Crippen LogP contribution in [0, 0.1) is 0 Å². The molecule has 0 amide bonds. The number of rotatable bonds is 5. The number of nitrogens with zero attached hydrogens (tertiary/aromatic N) is 2. The molecule has 0 saturated carbocycles. The minimum Gasteiger partial charge on any atom is -0.280 e. The van der Waals surface area contributed by atoms with Crippen molar-refractivity contribution in [1.82, 2.24) is 5.53 Å². The van der Waals surface area contributed by atoms with E-state index in [-0.39, 0.29) is 6.04 Å². The summed E-state index contributed by atoms with van der Waals surface area (Å²) in [5.41, 5.74) is 9.15. The van der Waals surface area contributed by atoms with Crippen LogP contribution in [-0.2, 0) is 5.54 Å². The number of hydrogen-bond donors (Lipinski definition) is 1. The van der Waals surface area contributed by atoms with E-state index in [1.54, 1.807) is 0 Å². The van der Waals surface area contributed by atoms with Crippen LogP contribution in [0.3, 0.4) is 0 Å². The standard InChI is InChI=1S/C36H29N3/c1-5-17-29(18-6-1)35-36(30-20-7-2-8-21-30,34-27-15-19-28-16-13-14-26-33(28)34)39(32-24-11-4-12-25-32)37-38(35)31-22-9-3-10-23-31/h1-27,35,37H. The van der Waals surface area contributed by atoms with Crippen LogP contribution < -0.4 is 15.6 Å². The molecule has 39 heavy (non-hydrogen) atoms. The Balaban J connectivity index is 1.64. The van der Waals surface area contributed by atoms with Crippen LogP contribution in [0.15, 0.2) is 164 Å². The van der Waals surface area contributed by atoms with Crippen LogP contribution >= 0.6 is 0 Å². The highest BCUT2D eigenvalue weighted by atomic mass is 15.8. The molecule has 1 aliphatic rings. The Labute approximate surface area is 229 Å². The Kier molecular flexibility index (Phi) is 5.84. The van der Waals surface area contributed by atoms with Crippen molar-refractivity contribution in [3.05, 3.63) is 180 Å². The van der Waals surface area contributed by atoms with Crippen molar-refractivity contribution >= 4 is 22.1 Å². The number of hydrazine groups is 2. The molecular weight excluding hydrogens is 474 g/mol. The first kappa shape index (κ1) is 23.3. The molecular formula is C36H29N3. The molecule has 6 aromatic carbocycles. The first-order valence-corrected chi connectivity index (χ1v) is 13.4. The molecule has 6 aromatic rings. The van der Waals surface area contributed by atoms with Crippen LogP contribution in [0.1, 0.15) is 22.7 Å². The SMILES string of the molecule is c1ccc(C2N(c3ccccc3)NN(c3ccccc3)C2(c2ccccc2)c2cccc3ccccc23)cc1. The van der Waals surface area contributed by atoms with Gasteiger partial charge in [-0.2, -0.15) is 0 Å². The number of anilines is 2. The largest absolute Gasteiger partial charge is 0.280 e. The molecule has 1 aliphatic heterocycles. The maximum Gasteiger partial charge on any atom is 0.134 e. The maximum atomic E-state index is 3.89. The van der Waals surface area contributed by atoms with Gasteiger partial charge in [-0.05, 0) is 51.7 Å². The number of hydrogen-bond acceptors (Lipinski definition) is 3. The number of para-hydroxylation sites is 2. The van der Waals surface area contributed by atoms with Crippen LogP contribution in [0.5, 0.6) is 0 Å². The van der Waals surface area contributed by atoms with Crippen molar-refractivity contribution in [1.29, 1.82) is 0 Å². The quantitative estimate of drug-likeness (QED) is 0.255. The monoisotopic (exact) mass is 503 g/mol. The van der Waals surface area contributed by atoms with Gasteiger partial charge in [0.05, 0.1) is 11.4 Å². The lowest BCUT2D eigenvalue weighted by Crippen LogP contribution is -2.49. The lowest BCUT2D eigenvalue weighted by molar-refractivity contribution is 0.470. The van der Waals surface area contributed by atoms with Gasteiger partial charge in [0.2, 0.25) is 0 Å². The predicted molar refractivity (Wildman–Crippen MR) is 161 cm³/mol. The van der Waals surface area contributed by atoms with E-state index in [0.29, 0.717) is 0 Å². The number of benzene rings is 6. The van der Waals surface area contributed by atoms with Crippen LogP contribution in [0.4, 0.5) is 11.4 Å². The van der Waals surface area contributed by atoms with E-state index >= 15 is 0 Å². The molecule has 2 atom stereocenters. The van der Waals surface area contributed by atoms with Crippen molar-refractivity contribution in [2.45, 2.75) is 11.6 Å². The minimum absolute atomic E-state index is 0.102. The van der Waals surface area contributed by atoms with Crippen LogP contribution in [0.25, 0.3) is 10.8 Å². The third-order valence-corrected chi connectivity index (χ3v) is 7.79. The van der Waals surface area contributed by atoms with E-state index in [2.05, 4.69) is 179 Å². The fourth-order valence-corrected chi connectivity index (χ4v) is 6.17. The molecule has 0 spiro atoms. The van der Waals surface area contributed by atoms with Crippen LogP contribution in [-0.4, -0.2) is 0 Å². The second kappa shape index (κ2) is 9.79. The van der Waals surface area contributed by atoms with Crippen molar-refractivity contribution in [2.24, 2.45) is 0 Å². The third kappa shape index (κ3) is 3.79. The summed E-state index contributed by atoms with van der Waals surface area (Å²) in [6.45, 7) is 0. The number of nitrogens with one attached hydrogen (secondary N) is 1. The molecule has 0 radical (unpaired) electrons. The molecule has 7 rings (SSSR count). The third-order valence-electron chi connectivity index (χ3n) is 7.79. The van der Waals surface area contributed by atoms with Gasteiger partial charge in [0.25, 0.3) is 0 Å². The average Bonchev–Trinajstić information content (AvgIpc) is 3.39. The van der Waals surface area contributed by atoms with Gasteiger partial charge in [-0.1, -0.05) is 140 Å². The van der Waals surface area contributed by atoms with E-state index in [0.717, 1.165) is 11.4 Å². The topological polar surface area (TPSA) is 18.5 Å².